The molecule has 0 saturated carbocycles. The zero-order valence-corrected chi connectivity index (χ0v) is 6.90. The van der Waals surface area contributed by atoms with Crippen LogP contribution in [0.1, 0.15) is 5.56 Å². The molecule has 0 heterocycles. The number of methoxy groups -OCH3 is 1. The minimum atomic E-state index is -1.28. The molecular weight excluding hydrogens is 155 g/mol. The molecule has 0 aliphatic rings. The van der Waals surface area contributed by atoms with Gasteiger partial charge in [0, 0.05) is 6.32 Å². The van der Waals surface area contributed by atoms with Gasteiger partial charge in [-0.1, -0.05) is 12.1 Å². The fourth-order valence-corrected chi connectivity index (χ4v) is 0.972. The Labute approximate surface area is 71.8 Å². The maximum atomic E-state index is 8.66. The van der Waals surface area contributed by atoms with Gasteiger partial charge in [-0.05, 0) is 17.7 Å². The third-order valence-corrected chi connectivity index (χ3v) is 1.58. The first-order chi connectivity index (χ1) is 5.72. The minimum Gasteiger partial charge on any atom is -0.497 e. The number of hydrogen-bond donors (Lipinski definition) is 2. The SMILES string of the molecule is COc1ccc(CB(O)O)cc1. The molecule has 0 aliphatic heterocycles. The maximum Gasteiger partial charge on any atom is 0.456 e. The third kappa shape index (κ3) is 2.56. The molecule has 4 heteroatoms. The Balaban J connectivity index is 2.65. The van der Waals surface area contributed by atoms with Crippen LogP contribution in [-0.2, 0) is 6.32 Å². The summed E-state index contributed by atoms with van der Waals surface area (Å²) in [7, 11) is 0.314. The summed E-state index contributed by atoms with van der Waals surface area (Å²) in [4.78, 5) is 0. The Bertz CT molecular complexity index is 233. The molecule has 2 N–H and O–H groups in total. The molecule has 1 aromatic rings. The van der Waals surface area contributed by atoms with Crippen LogP contribution < -0.4 is 4.74 Å². The van der Waals surface area contributed by atoms with E-state index >= 15 is 0 Å². The van der Waals surface area contributed by atoms with Crippen LogP contribution in [0.2, 0.25) is 0 Å². The smallest absolute Gasteiger partial charge is 0.456 e. The number of benzene rings is 1. The maximum absolute atomic E-state index is 8.66. The Morgan fingerprint density at radius 3 is 2.25 bits per heavy atom. The molecule has 0 unspecified atom stereocenters. The van der Waals surface area contributed by atoms with Crippen LogP contribution in [-0.4, -0.2) is 24.3 Å². The number of hydrogen-bond acceptors (Lipinski definition) is 3. The summed E-state index contributed by atoms with van der Waals surface area (Å²) < 4.78 is 4.95. The van der Waals surface area contributed by atoms with E-state index in [1.165, 1.54) is 0 Å². The summed E-state index contributed by atoms with van der Waals surface area (Å²) in [5.74, 6) is 0.770. The van der Waals surface area contributed by atoms with Crippen LogP contribution in [0.4, 0.5) is 0 Å². The van der Waals surface area contributed by atoms with Crippen molar-refractivity contribution in [3.8, 4) is 5.75 Å². The summed E-state index contributed by atoms with van der Waals surface area (Å²) in [6.45, 7) is 0. The molecule has 0 fully saturated rings. The summed E-state index contributed by atoms with van der Waals surface area (Å²) in [5.41, 5.74) is 0.880. The van der Waals surface area contributed by atoms with Crippen molar-refractivity contribution in [2.75, 3.05) is 7.11 Å². The lowest BCUT2D eigenvalue weighted by atomic mass is 9.82. The zero-order chi connectivity index (χ0) is 8.97. The molecule has 12 heavy (non-hydrogen) atoms. The molecule has 0 spiro atoms. The van der Waals surface area contributed by atoms with E-state index in [2.05, 4.69) is 0 Å². The Hall–Kier alpha value is -0.995. The monoisotopic (exact) mass is 166 g/mol. The molecule has 0 bridgehead atoms. The molecule has 1 rings (SSSR count). The van der Waals surface area contributed by atoms with E-state index in [0.717, 1.165) is 11.3 Å². The van der Waals surface area contributed by atoms with Gasteiger partial charge in [0.15, 0.2) is 0 Å². The fourth-order valence-electron chi connectivity index (χ4n) is 0.972. The van der Waals surface area contributed by atoms with Gasteiger partial charge < -0.3 is 14.8 Å². The largest absolute Gasteiger partial charge is 0.497 e. The first kappa shape index (κ1) is 9.10. The highest BCUT2D eigenvalue weighted by atomic mass is 16.5. The highest BCUT2D eigenvalue weighted by Crippen LogP contribution is 2.11. The number of ether oxygens (including phenoxy) is 1. The van der Waals surface area contributed by atoms with Crippen LogP contribution in [0.3, 0.4) is 0 Å². The second-order valence-electron chi connectivity index (χ2n) is 2.53. The van der Waals surface area contributed by atoms with Gasteiger partial charge in [-0.3, -0.25) is 0 Å². The van der Waals surface area contributed by atoms with Gasteiger partial charge >= 0.3 is 7.12 Å². The first-order valence-electron chi connectivity index (χ1n) is 3.71. The standard InChI is InChI=1S/C8H11BO3/c1-12-8-4-2-7(3-5-8)6-9(10)11/h2-5,10-11H,6H2,1H3. The van der Waals surface area contributed by atoms with E-state index < -0.39 is 7.12 Å². The van der Waals surface area contributed by atoms with Gasteiger partial charge in [0.1, 0.15) is 5.75 Å². The van der Waals surface area contributed by atoms with E-state index in [1.807, 2.05) is 0 Å². The highest BCUT2D eigenvalue weighted by molar-refractivity contribution is 6.40. The Morgan fingerprint density at radius 2 is 1.83 bits per heavy atom. The van der Waals surface area contributed by atoms with Crippen LogP contribution in [0.15, 0.2) is 24.3 Å². The van der Waals surface area contributed by atoms with Crippen molar-refractivity contribution < 1.29 is 14.8 Å². The van der Waals surface area contributed by atoms with Crippen LogP contribution >= 0.6 is 0 Å². The molecule has 3 nitrogen and oxygen atoms in total. The van der Waals surface area contributed by atoms with Crippen molar-refractivity contribution in [3.63, 3.8) is 0 Å². The van der Waals surface area contributed by atoms with Crippen molar-refractivity contribution in [2.45, 2.75) is 6.32 Å². The second-order valence-corrected chi connectivity index (χ2v) is 2.53. The van der Waals surface area contributed by atoms with Gasteiger partial charge in [0.05, 0.1) is 7.11 Å². The van der Waals surface area contributed by atoms with E-state index in [-0.39, 0.29) is 6.32 Å². The molecule has 1 aromatic carbocycles. The van der Waals surface area contributed by atoms with Crippen LogP contribution in [0, 0.1) is 0 Å². The molecule has 0 amide bonds. The lowest BCUT2D eigenvalue weighted by Crippen LogP contribution is -2.14. The number of rotatable bonds is 3. The van der Waals surface area contributed by atoms with Gasteiger partial charge in [-0.25, -0.2) is 0 Å². The molecule has 0 aliphatic carbocycles. The van der Waals surface area contributed by atoms with Crippen LogP contribution in [0.5, 0.6) is 5.75 Å². The van der Waals surface area contributed by atoms with E-state index in [0.29, 0.717) is 0 Å². The summed E-state index contributed by atoms with van der Waals surface area (Å²) >= 11 is 0. The molecular formula is C8H11BO3. The molecule has 0 atom stereocenters. The Morgan fingerprint density at radius 1 is 1.25 bits per heavy atom. The fraction of sp³-hybridized carbons (Fsp3) is 0.250. The second kappa shape index (κ2) is 4.14. The molecule has 64 valence electrons. The van der Waals surface area contributed by atoms with Crippen molar-refractivity contribution in [3.05, 3.63) is 29.8 Å². The van der Waals surface area contributed by atoms with Crippen LogP contribution in [0.25, 0.3) is 0 Å². The highest BCUT2D eigenvalue weighted by Gasteiger charge is 2.07. The average molecular weight is 166 g/mol. The van der Waals surface area contributed by atoms with Crippen molar-refractivity contribution in [1.82, 2.24) is 0 Å². The van der Waals surface area contributed by atoms with E-state index in [4.69, 9.17) is 14.8 Å². The summed E-state index contributed by atoms with van der Waals surface area (Å²) in [6.07, 6.45) is 0.254. The molecule has 0 saturated heterocycles. The summed E-state index contributed by atoms with van der Waals surface area (Å²) in [5, 5.41) is 17.3. The van der Waals surface area contributed by atoms with Crippen molar-refractivity contribution in [2.24, 2.45) is 0 Å². The van der Waals surface area contributed by atoms with Gasteiger partial charge in [-0.2, -0.15) is 0 Å². The molecule has 0 aromatic heterocycles. The Kier molecular flexibility index (Phi) is 3.14. The van der Waals surface area contributed by atoms with Crippen molar-refractivity contribution >= 4 is 7.12 Å². The van der Waals surface area contributed by atoms with Crippen molar-refractivity contribution in [1.29, 1.82) is 0 Å². The average Bonchev–Trinajstić information content (AvgIpc) is 2.05. The third-order valence-electron chi connectivity index (χ3n) is 1.58. The van der Waals surface area contributed by atoms with E-state index in [9.17, 15) is 0 Å². The lowest BCUT2D eigenvalue weighted by Gasteiger charge is -2.01. The topological polar surface area (TPSA) is 49.7 Å². The van der Waals surface area contributed by atoms with E-state index in [1.54, 1.807) is 31.4 Å². The molecule has 0 radical (unpaired) electrons. The zero-order valence-electron chi connectivity index (χ0n) is 6.90. The first-order valence-corrected chi connectivity index (χ1v) is 3.71. The normalized spacial score (nSPS) is 9.58. The summed E-state index contributed by atoms with van der Waals surface area (Å²) in [6, 6.07) is 7.19. The minimum absolute atomic E-state index is 0.254. The van der Waals surface area contributed by atoms with Gasteiger partial charge in [-0.15, -0.1) is 0 Å². The predicted octanol–water partition coefficient (Wildman–Crippen LogP) is 0.250. The lowest BCUT2D eigenvalue weighted by molar-refractivity contribution is 0.404. The van der Waals surface area contributed by atoms with Gasteiger partial charge in [0.2, 0.25) is 0 Å². The predicted molar refractivity (Wildman–Crippen MR) is 46.9 cm³/mol. The van der Waals surface area contributed by atoms with Gasteiger partial charge in [0.25, 0.3) is 0 Å². The quantitative estimate of drug-likeness (QED) is 0.632.